The van der Waals surface area contributed by atoms with Gasteiger partial charge in [-0.3, -0.25) is 9.00 Å². The average molecular weight is 349 g/mol. The molecule has 1 aromatic rings. The summed E-state index contributed by atoms with van der Waals surface area (Å²) >= 11 is 0. The molecule has 1 aromatic carbocycles. The van der Waals surface area contributed by atoms with E-state index in [0.29, 0.717) is 13.2 Å². The molecule has 0 unspecified atom stereocenters. The highest BCUT2D eigenvalue weighted by atomic mass is 32.2. The fourth-order valence-electron chi connectivity index (χ4n) is 3.58. The van der Waals surface area contributed by atoms with Gasteiger partial charge in [-0.25, -0.2) is 0 Å². The van der Waals surface area contributed by atoms with Crippen LogP contribution in [0.3, 0.4) is 0 Å². The zero-order chi connectivity index (χ0) is 16.9. The molecule has 1 saturated heterocycles. The van der Waals surface area contributed by atoms with E-state index in [2.05, 4.69) is 23.5 Å². The molecule has 0 bridgehead atoms. The summed E-state index contributed by atoms with van der Waals surface area (Å²) in [7, 11) is -1.10. The van der Waals surface area contributed by atoms with Crippen LogP contribution in [0, 0.1) is 0 Å². The molecule has 1 heterocycles. The van der Waals surface area contributed by atoms with Crippen LogP contribution in [0.25, 0.3) is 0 Å². The molecule has 24 heavy (non-hydrogen) atoms. The van der Waals surface area contributed by atoms with Crippen molar-refractivity contribution in [1.82, 2.24) is 5.32 Å². The highest BCUT2D eigenvalue weighted by Crippen LogP contribution is 2.24. The lowest BCUT2D eigenvalue weighted by Gasteiger charge is -2.22. The summed E-state index contributed by atoms with van der Waals surface area (Å²) < 4.78 is 17.6. The number of ether oxygens (including phenoxy) is 1. The van der Waals surface area contributed by atoms with Crippen molar-refractivity contribution < 1.29 is 13.7 Å². The molecule has 1 aliphatic carbocycles. The van der Waals surface area contributed by atoms with Gasteiger partial charge in [0.2, 0.25) is 5.91 Å². The molecule has 1 amide bonds. The number of benzene rings is 1. The maximum Gasteiger partial charge on any atom is 0.233 e. The van der Waals surface area contributed by atoms with Crippen molar-refractivity contribution in [2.75, 3.05) is 19.0 Å². The zero-order valence-electron chi connectivity index (χ0n) is 14.4. The minimum absolute atomic E-state index is 0.0450. The van der Waals surface area contributed by atoms with E-state index in [9.17, 15) is 9.00 Å². The molecule has 0 aromatic heterocycles. The van der Waals surface area contributed by atoms with Crippen molar-refractivity contribution in [2.24, 2.45) is 0 Å². The van der Waals surface area contributed by atoms with Gasteiger partial charge in [-0.1, -0.05) is 18.2 Å². The Bertz CT molecular complexity index is 611. The predicted molar refractivity (Wildman–Crippen MR) is 96.5 cm³/mol. The standard InChI is InChI=1S/C19H27NO3S/c1-14(16-7-6-15-4-2-3-5-17(15)12-16)20-19(21)13-24(22)18-8-10-23-11-9-18/h6-7,12,14,18H,2-5,8-11,13H2,1H3,(H,20,21)/t14-,24+/m0/s1. The Balaban J connectivity index is 1.54. The van der Waals surface area contributed by atoms with Gasteiger partial charge in [-0.15, -0.1) is 0 Å². The number of fused-ring (bicyclic) bond motifs is 1. The van der Waals surface area contributed by atoms with Crippen LogP contribution in [0.1, 0.15) is 55.3 Å². The first-order chi connectivity index (χ1) is 11.6. The third-order valence-electron chi connectivity index (χ3n) is 5.06. The van der Waals surface area contributed by atoms with Gasteiger partial charge in [-0.2, -0.15) is 0 Å². The van der Waals surface area contributed by atoms with Gasteiger partial charge in [0.1, 0.15) is 5.75 Å². The molecule has 0 spiro atoms. The SMILES string of the molecule is C[C@H](NC(=O)C[S@@](=O)C1CCOCC1)c1ccc2c(c1)CCCC2. The molecule has 1 N–H and O–H groups in total. The molecule has 2 atom stereocenters. The highest BCUT2D eigenvalue weighted by molar-refractivity contribution is 7.86. The van der Waals surface area contributed by atoms with Crippen molar-refractivity contribution in [2.45, 2.75) is 56.7 Å². The first kappa shape index (κ1) is 17.6. The number of nitrogens with one attached hydrogen (secondary N) is 1. The second-order valence-electron chi connectivity index (χ2n) is 6.86. The monoisotopic (exact) mass is 349 g/mol. The Hall–Kier alpha value is -1.20. The average Bonchev–Trinajstić information content (AvgIpc) is 2.61. The molecule has 1 aliphatic heterocycles. The maximum absolute atomic E-state index is 12.3. The van der Waals surface area contributed by atoms with Crippen molar-refractivity contribution in [3.63, 3.8) is 0 Å². The van der Waals surface area contributed by atoms with Gasteiger partial charge in [0.25, 0.3) is 0 Å². The minimum Gasteiger partial charge on any atom is -0.381 e. The van der Waals surface area contributed by atoms with E-state index >= 15 is 0 Å². The Kier molecular flexibility index (Phi) is 6.06. The molecule has 5 heteroatoms. The van der Waals surface area contributed by atoms with Crippen molar-refractivity contribution in [3.05, 3.63) is 34.9 Å². The van der Waals surface area contributed by atoms with Gasteiger partial charge in [-0.05, 0) is 62.1 Å². The second kappa shape index (κ2) is 8.26. The molecule has 0 radical (unpaired) electrons. The Morgan fingerprint density at radius 1 is 1.25 bits per heavy atom. The maximum atomic E-state index is 12.3. The molecule has 0 saturated carbocycles. The smallest absolute Gasteiger partial charge is 0.233 e. The van der Waals surface area contributed by atoms with Crippen LogP contribution in [-0.4, -0.2) is 34.3 Å². The fourth-order valence-corrected chi connectivity index (χ4v) is 4.87. The Morgan fingerprint density at radius 2 is 1.96 bits per heavy atom. The number of carbonyl (C=O) groups excluding carboxylic acids is 1. The van der Waals surface area contributed by atoms with Gasteiger partial charge in [0.05, 0.1) is 6.04 Å². The molecular formula is C19H27NO3S. The summed E-state index contributed by atoms with van der Waals surface area (Å²) in [6.45, 7) is 3.31. The molecule has 2 aliphatic rings. The topological polar surface area (TPSA) is 55.4 Å². The lowest BCUT2D eigenvalue weighted by Crippen LogP contribution is -2.35. The van der Waals surface area contributed by atoms with Gasteiger partial charge in [0, 0.05) is 29.3 Å². The summed E-state index contributed by atoms with van der Waals surface area (Å²) in [5, 5.41) is 3.11. The fraction of sp³-hybridized carbons (Fsp3) is 0.632. The number of amides is 1. The van der Waals surface area contributed by atoms with E-state index < -0.39 is 10.8 Å². The summed E-state index contributed by atoms with van der Waals surface area (Å²) in [6, 6.07) is 6.50. The van der Waals surface area contributed by atoms with Gasteiger partial charge < -0.3 is 10.1 Å². The molecule has 132 valence electrons. The normalized spacial score (nSPS) is 20.9. The lowest BCUT2D eigenvalue weighted by atomic mass is 9.89. The van der Waals surface area contributed by atoms with Crippen molar-refractivity contribution >= 4 is 16.7 Å². The second-order valence-corrected chi connectivity index (χ2v) is 8.58. The van der Waals surface area contributed by atoms with Crippen molar-refractivity contribution in [3.8, 4) is 0 Å². The van der Waals surface area contributed by atoms with Crippen LogP contribution in [0.15, 0.2) is 18.2 Å². The first-order valence-electron chi connectivity index (χ1n) is 8.99. The molecule has 1 fully saturated rings. The van der Waals surface area contributed by atoms with E-state index in [1.54, 1.807) is 0 Å². The first-order valence-corrected chi connectivity index (χ1v) is 10.4. The number of hydrogen-bond acceptors (Lipinski definition) is 3. The summed E-state index contributed by atoms with van der Waals surface area (Å²) in [5.74, 6) is -0.0232. The van der Waals surface area contributed by atoms with E-state index in [4.69, 9.17) is 4.74 Å². The quantitative estimate of drug-likeness (QED) is 0.889. The molecule has 3 rings (SSSR count). The van der Waals surface area contributed by atoms with Crippen molar-refractivity contribution in [1.29, 1.82) is 0 Å². The van der Waals surface area contributed by atoms with E-state index in [0.717, 1.165) is 24.8 Å². The van der Waals surface area contributed by atoms with Gasteiger partial charge in [0.15, 0.2) is 0 Å². The number of aryl methyl sites for hydroxylation is 2. The predicted octanol–water partition coefficient (Wildman–Crippen LogP) is 2.67. The van der Waals surface area contributed by atoms with E-state index in [1.807, 2.05) is 6.92 Å². The summed E-state index contributed by atoms with van der Waals surface area (Å²) in [5.41, 5.74) is 4.01. The number of rotatable bonds is 5. The summed E-state index contributed by atoms with van der Waals surface area (Å²) in [4.78, 5) is 12.2. The minimum atomic E-state index is -1.10. The van der Waals surface area contributed by atoms with Crippen LogP contribution in [0.4, 0.5) is 0 Å². The number of hydrogen-bond donors (Lipinski definition) is 1. The van der Waals surface area contributed by atoms with Crippen LogP contribution < -0.4 is 5.32 Å². The van der Waals surface area contributed by atoms with Gasteiger partial charge >= 0.3 is 0 Å². The third kappa shape index (κ3) is 4.45. The highest BCUT2D eigenvalue weighted by Gasteiger charge is 2.23. The Labute approximate surface area is 146 Å². The van der Waals surface area contributed by atoms with E-state index in [1.165, 1.54) is 30.4 Å². The third-order valence-corrected chi connectivity index (χ3v) is 6.83. The van der Waals surface area contributed by atoms with Crippen LogP contribution in [-0.2, 0) is 33.2 Å². The largest absolute Gasteiger partial charge is 0.381 e. The lowest BCUT2D eigenvalue weighted by molar-refractivity contribution is -0.119. The Morgan fingerprint density at radius 3 is 2.71 bits per heavy atom. The van der Waals surface area contributed by atoms with Crippen LogP contribution >= 0.6 is 0 Å². The summed E-state index contributed by atoms with van der Waals surface area (Å²) in [6.07, 6.45) is 6.41. The van der Waals surface area contributed by atoms with Crippen LogP contribution in [0.5, 0.6) is 0 Å². The van der Waals surface area contributed by atoms with Crippen LogP contribution in [0.2, 0.25) is 0 Å². The number of carbonyl (C=O) groups is 1. The molecule has 4 nitrogen and oxygen atoms in total. The van der Waals surface area contributed by atoms with E-state index in [-0.39, 0.29) is 23.0 Å². The zero-order valence-corrected chi connectivity index (χ0v) is 15.2. The molecular weight excluding hydrogens is 322 g/mol.